The molecule has 1 atom stereocenters. The SMILES string of the molecule is Nc1cc(-c2cc(C(=O)O)ccc2Nc2cccc(C(F)(F)P)c2)ccn1. The first-order valence-electron chi connectivity index (χ1n) is 7.87. The molecular weight excluding hydrogens is 371 g/mol. The number of aromatic nitrogens is 1. The molecule has 0 saturated carbocycles. The Balaban J connectivity index is 2.07. The average molecular weight is 387 g/mol. The lowest BCUT2D eigenvalue weighted by atomic mass is 10.0. The molecule has 0 aliphatic rings. The summed E-state index contributed by atoms with van der Waals surface area (Å²) in [6, 6.07) is 13.6. The first kappa shape index (κ1) is 18.7. The number of aromatic carboxylic acids is 1. The van der Waals surface area contributed by atoms with E-state index in [1.54, 1.807) is 24.3 Å². The number of benzene rings is 2. The van der Waals surface area contributed by atoms with Crippen LogP contribution in [-0.4, -0.2) is 16.1 Å². The number of carboxylic acid groups (broad SMARTS) is 1. The molecule has 0 radical (unpaired) electrons. The van der Waals surface area contributed by atoms with Crippen LogP contribution in [0.25, 0.3) is 11.1 Å². The highest BCUT2D eigenvalue weighted by atomic mass is 31.0. The fourth-order valence-electron chi connectivity index (χ4n) is 2.60. The topological polar surface area (TPSA) is 88.2 Å². The minimum Gasteiger partial charge on any atom is -0.478 e. The molecular formula is C19H16F2N3O2P. The molecule has 0 spiro atoms. The Hall–Kier alpha value is -3.05. The number of anilines is 3. The quantitative estimate of drug-likeness (QED) is 0.553. The van der Waals surface area contributed by atoms with E-state index in [1.807, 2.05) is 0 Å². The number of nitrogen functional groups attached to an aromatic ring is 1. The molecule has 27 heavy (non-hydrogen) atoms. The van der Waals surface area contributed by atoms with E-state index >= 15 is 0 Å². The number of nitrogens with two attached hydrogens (primary N) is 1. The van der Waals surface area contributed by atoms with Crippen molar-refractivity contribution in [1.29, 1.82) is 0 Å². The minimum absolute atomic E-state index is 0.0937. The van der Waals surface area contributed by atoms with E-state index in [2.05, 4.69) is 10.3 Å². The zero-order valence-corrected chi connectivity index (χ0v) is 15.1. The molecule has 4 N–H and O–H groups in total. The summed E-state index contributed by atoms with van der Waals surface area (Å²) in [5.74, 6) is -0.793. The monoisotopic (exact) mass is 387 g/mol. The highest BCUT2D eigenvalue weighted by molar-refractivity contribution is 7.17. The number of hydrogen-bond donors (Lipinski definition) is 3. The summed E-state index contributed by atoms with van der Waals surface area (Å²) in [7, 11) is 1.50. The highest BCUT2D eigenvalue weighted by Crippen LogP contribution is 2.37. The van der Waals surface area contributed by atoms with Crippen molar-refractivity contribution in [3.63, 3.8) is 0 Å². The summed E-state index contributed by atoms with van der Waals surface area (Å²) in [5, 5.41) is 12.3. The van der Waals surface area contributed by atoms with Crippen molar-refractivity contribution in [2.75, 3.05) is 11.1 Å². The first-order chi connectivity index (χ1) is 12.7. The summed E-state index contributed by atoms with van der Waals surface area (Å²) in [6.07, 6.45) is 1.51. The summed E-state index contributed by atoms with van der Waals surface area (Å²) in [4.78, 5) is 15.3. The van der Waals surface area contributed by atoms with Crippen molar-refractivity contribution in [1.82, 2.24) is 4.98 Å². The molecule has 0 aliphatic heterocycles. The van der Waals surface area contributed by atoms with E-state index < -0.39 is 11.6 Å². The maximum atomic E-state index is 13.6. The van der Waals surface area contributed by atoms with Crippen LogP contribution in [0.3, 0.4) is 0 Å². The van der Waals surface area contributed by atoms with Crippen LogP contribution in [0, 0.1) is 0 Å². The van der Waals surface area contributed by atoms with E-state index in [9.17, 15) is 18.7 Å². The summed E-state index contributed by atoms with van der Waals surface area (Å²) in [5.41, 5.74) is 4.83. The third-order valence-corrected chi connectivity index (χ3v) is 4.22. The van der Waals surface area contributed by atoms with Gasteiger partial charge in [-0.3, -0.25) is 0 Å². The fraction of sp³-hybridized carbons (Fsp3) is 0.0526. The van der Waals surface area contributed by atoms with Gasteiger partial charge in [-0.15, -0.1) is 0 Å². The van der Waals surface area contributed by atoms with E-state index in [0.717, 1.165) is 0 Å². The van der Waals surface area contributed by atoms with Gasteiger partial charge in [-0.25, -0.2) is 9.78 Å². The summed E-state index contributed by atoms with van der Waals surface area (Å²) in [6.45, 7) is 0. The van der Waals surface area contributed by atoms with Crippen LogP contribution in [0.4, 0.5) is 26.0 Å². The van der Waals surface area contributed by atoms with E-state index in [4.69, 9.17) is 5.73 Å². The number of hydrogen-bond acceptors (Lipinski definition) is 4. The molecule has 3 rings (SSSR count). The number of carboxylic acids is 1. The van der Waals surface area contributed by atoms with Gasteiger partial charge < -0.3 is 16.2 Å². The Morgan fingerprint density at radius 2 is 1.93 bits per heavy atom. The van der Waals surface area contributed by atoms with E-state index in [1.165, 1.54) is 45.8 Å². The zero-order chi connectivity index (χ0) is 19.6. The van der Waals surface area contributed by atoms with Gasteiger partial charge in [-0.05, 0) is 48.0 Å². The summed E-state index contributed by atoms with van der Waals surface area (Å²) >= 11 is 0. The van der Waals surface area contributed by atoms with Gasteiger partial charge in [0.2, 0.25) is 0 Å². The Kier molecular flexibility index (Phi) is 5.06. The molecule has 0 bridgehead atoms. The number of alkyl halides is 2. The van der Waals surface area contributed by atoms with Gasteiger partial charge in [-0.1, -0.05) is 21.4 Å². The molecule has 1 aromatic heterocycles. The Bertz CT molecular complexity index is 1010. The number of carbonyl (C=O) groups is 1. The van der Waals surface area contributed by atoms with Crippen molar-refractivity contribution in [2.24, 2.45) is 0 Å². The lowest BCUT2D eigenvalue weighted by Gasteiger charge is -2.16. The van der Waals surface area contributed by atoms with E-state index in [0.29, 0.717) is 22.5 Å². The third-order valence-electron chi connectivity index (χ3n) is 3.89. The minimum atomic E-state index is -3.05. The lowest BCUT2D eigenvalue weighted by Crippen LogP contribution is -2.04. The van der Waals surface area contributed by atoms with Crippen LogP contribution in [0.5, 0.6) is 0 Å². The second-order valence-electron chi connectivity index (χ2n) is 5.86. The molecule has 138 valence electrons. The Morgan fingerprint density at radius 1 is 1.15 bits per heavy atom. The molecule has 8 heteroatoms. The predicted molar refractivity (Wildman–Crippen MR) is 104 cm³/mol. The molecule has 0 amide bonds. The number of nitrogens with one attached hydrogen (secondary N) is 1. The molecule has 0 fully saturated rings. The largest absolute Gasteiger partial charge is 0.478 e. The number of pyridine rings is 1. The van der Waals surface area contributed by atoms with Crippen molar-refractivity contribution in [2.45, 2.75) is 5.66 Å². The standard InChI is InChI=1S/C19H16F2N3O2P/c20-19(21,27)13-2-1-3-14(10-13)24-16-5-4-12(18(25)26)8-15(16)11-6-7-23-17(22)9-11/h1-10,24H,27H2,(H2,22,23)(H,25,26). The van der Waals surface area contributed by atoms with Gasteiger partial charge in [0.05, 0.1) is 5.56 Å². The van der Waals surface area contributed by atoms with E-state index in [-0.39, 0.29) is 16.9 Å². The summed E-state index contributed by atoms with van der Waals surface area (Å²) < 4.78 is 27.1. The maximum absolute atomic E-state index is 13.6. The maximum Gasteiger partial charge on any atom is 0.335 e. The van der Waals surface area contributed by atoms with Crippen molar-refractivity contribution in [3.05, 3.63) is 71.9 Å². The molecule has 1 unspecified atom stereocenters. The average Bonchev–Trinajstić information content (AvgIpc) is 2.61. The molecule has 5 nitrogen and oxygen atoms in total. The fourth-order valence-corrected chi connectivity index (χ4v) is 2.78. The van der Waals surface area contributed by atoms with Crippen molar-refractivity contribution in [3.8, 4) is 11.1 Å². The Morgan fingerprint density at radius 3 is 2.59 bits per heavy atom. The highest BCUT2D eigenvalue weighted by Gasteiger charge is 2.24. The van der Waals surface area contributed by atoms with Gasteiger partial charge in [0, 0.05) is 28.7 Å². The zero-order valence-electron chi connectivity index (χ0n) is 14.0. The van der Waals surface area contributed by atoms with Gasteiger partial charge >= 0.3 is 5.97 Å². The van der Waals surface area contributed by atoms with Gasteiger partial charge in [0.15, 0.2) is 0 Å². The second-order valence-corrected chi connectivity index (χ2v) is 6.59. The van der Waals surface area contributed by atoms with Crippen molar-refractivity contribution >= 4 is 32.4 Å². The molecule has 0 saturated heterocycles. The third kappa shape index (κ3) is 4.38. The van der Waals surface area contributed by atoms with Crippen LogP contribution in [-0.2, 0) is 5.66 Å². The van der Waals surface area contributed by atoms with Crippen molar-refractivity contribution < 1.29 is 18.7 Å². The molecule has 1 heterocycles. The smallest absolute Gasteiger partial charge is 0.335 e. The van der Waals surface area contributed by atoms with Gasteiger partial charge in [-0.2, -0.15) is 8.78 Å². The second kappa shape index (κ2) is 7.29. The number of rotatable bonds is 5. The molecule has 3 aromatic rings. The van der Waals surface area contributed by atoms with Crippen LogP contribution < -0.4 is 11.1 Å². The normalized spacial score (nSPS) is 11.2. The van der Waals surface area contributed by atoms with Crippen LogP contribution in [0.1, 0.15) is 15.9 Å². The van der Waals surface area contributed by atoms with Gasteiger partial charge in [0.1, 0.15) is 5.82 Å². The number of nitrogens with zero attached hydrogens (tertiary/aromatic N) is 1. The lowest BCUT2D eigenvalue weighted by molar-refractivity contribution is 0.0697. The number of halogens is 2. The van der Waals surface area contributed by atoms with Crippen LogP contribution in [0.15, 0.2) is 60.8 Å². The molecule has 0 aliphatic carbocycles. The molecule has 2 aromatic carbocycles. The first-order valence-corrected chi connectivity index (χ1v) is 8.45. The van der Waals surface area contributed by atoms with Crippen LogP contribution >= 0.6 is 9.24 Å². The van der Waals surface area contributed by atoms with Gasteiger partial charge in [0.25, 0.3) is 5.66 Å². The Labute approximate surface area is 156 Å². The van der Waals surface area contributed by atoms with Crippen LogP contribution in [0.2, 0.25) is 0 Å². The predicted octanol–water partition coefficient (Wildman–Crippen LogP) is 4.70.